The highest BCUT2D eigenvalue weighted by Gasteiger charge is 2.19. The Kier molecular flexibility index (Phi) is 6.54. The molecule has 5 heteroatoms. The second kappa shape index (κ2) is 6.82. The summed E-state index contributed by atoms with van der Waals surface area (Å²) in [6, 6.07) is 0. The van der Waals surface area contributed by atoms with Crippen molar-refractivity contribution in [2.24, 2.45) is 0 Å². The summed E-state index contributed by atoms with van der Waals surface area (Å²) in [6.45, 7) is 2.33. The molecule has 0 atom stereocenters. The van der Waals surface area contributed by atoms with Crippen LogP contribution >= 0.6 is 0 Å². The molecule has 0 unspecified atom stereocenters. The Morgan fingerprint density at radius 3 is 2.57 bits per heavy atom. The van der Waals surface area contributed by atoms with Crippen LogP contribution in [0.1, 0.15) is 19.8 Å². The van der Waals surface area contributed by atoms with Gasteiger partial charge in [-0.05, 0) is 12.8 Å². The summed E-state index contributed by atoms with van der Waals surface area (Å²) in [4.78, 5) is 0. The first kappa shape index (κ1) is 13.4. The molecule has 0 amide bonds. The van der Waals surface area contributed by atoms with Gasteiger partial charge in [0.15, 0.2) is 0 Å². The van der Waals surface area contributed by atoms with Gasteiger partial charge in [-0.1, -0.05) is 12.8 Å². The third kappa shape index (κ3) is 4.61. The maximum atomic E-state index is 11.6. The maximum Gasteiger partial charge on any atom is 0.215 e. The van der Waals surface area contributed by atoms with Gasteiger partial charge in [0, 0.05) is 13.2 Å². The van der Waals surface area contributed by atoms with E-state index in [1.807, 2.05) is 6.92 Å². The standard InChI is InChI=1S/C9H17NO3S/c1-3-6-10(7-4-2)14(12,13)9-5-8-11/h1,11H,4-9H2,2H3. The fourth-order valence-corrected chi connectivity index (χ4v) is 2.53. The van der Waals surface area contributed by atoms with Gasteiger partial charge in [-0.15, -0.1) is 6.42 Å². The highest BCUT2D eigenvalue weighted by atomic mass is 32.2. The van der Waals surface area contributed by atoms with Gasteiger partial charge < -0.3 is 5.11 Å². The Morgan fingerprint density at radius 2 is 2.14 bits per heavy atom. The fourth-order valence-electron chi connectivity index (χ4n) is 1.04. The van der Waals surface area contributed by atoms with Crippen molar-refractivity contribution in [2.45, 2.75) is 19.8 Å². The van der Waals surface area contributed by atoms with Crippen LogP contribution in [-0.4, -0.2) is 43.3 Å². The van der Waals surface area contributed by atoms with E-state index in [2.05, 4.69) is 5.92 Å². The minimum Gasteiger partial charge on any atom is -0.396 e. The normalized spacial score (nSPS) is 11.6. The van der Waals surface area contributed by atoms with Gasteiger partial charge in [-0.3, -0.25) is 0 Å². The van der Waals surface area contributed by atoms with Crippen molar-refractivity contribution in [3.63, 3.8) is 0 Å². The lowest BCUT2D eigenvalue weighted by Crippen LogP contribution is -2.34. The lowest BCUT2D eigenvalue weighted by Gasteiger charge is -2.18. The van der Waals surface area contributed by atoms with Crippen LogP contribution < -0.4 is 0 Å². The minimum absolute atomic E-state index is 0.0365. The Balaban J connectivity index is 4.39. The molecule has 0 saturated heterocycles. The maximum absolute atomic E-state index is 11.6. The SMILES string of the molecule is C#CCN(CCC)S(=O)(=O)CCCO. The Hall–Kier alpha value is -0.570. The molecule has 0 aliphatic heterocycles. The van der Waals surface area contributed by atoms with Crippen LogP contribution in [0.25, 0.3) is 0 Å². The van der Waals surface area contributed by atoms with E-state index < -0.39 is 10.0 Å². The van der Waals surface area contributed by atoms with Crippen LogP contribution in [0.2, 0.25) is 0 Å². The molecule has 0 spiro atoms. The summed E-state index contributed by atoms with van der Waals surface area (Å²) in [5.41, 5.74) is 0. The summed E-state index contributed by atoms with van der Waals surface area (Å²) < 4.78 is 24.5. The highest BCUT2D eigenvalue weighted by molar-refractivity contribution is 7.89. The molecule has 0 rings (SSSR count). The Labute approximate surface area is 86.0 Å². The molecule has 0 aliphatic carbocycles. The van der Waals surface area contributed by atoms with Crippen LogP contribution in [0.5, 0.6) is 0 Å². The molecular formula is C9H17NO3S. The van der Waals surface area contributed by atoms with Gasteiger partial charge in [-0.2, -0.15) is 4.31 Å². The molecule has 82 valence electrons. The molecule has 0 aromatic rings. The third-order valence-electron chi connectivity index (χ3n) is 1.69. The number of aliphatic hydroxyl groups is 1. The van der Waals surface area contributed by atoms with Gasteiger partial charge in [0.05, 0.1) is 12.3 Å². The number of nitrogens with zero attached hydrogens (tertiary/aromatic N) is 1. The summed E-state index contributed by atoms with van der Waals surface area (Å²) in [6.07, 6.45) is 6.07. The molecule has 0 saturated carbocycles. The van der Waals surface area contributed by atoms with Gasteiger partial charge in [0.1, 0.15) is 0 Å². The first-order chi connectivity index (χ1) is 6.58. The zero-order chi connectivity index (χ0) is 11.0. The van der Waals surface area contributed by atoms with Gasteiger partial charge in [0.25, 0.3) is 0 Å². The Bertz CT molecular complexity index is 279. The molecule has 0 aromatic heterocycles. The third-order valence-corrected chi connectivity index (χ3v) is 3.60. The molecule has 0 fully saturated rings. The molecule has 0 aromatic carbocycles. The molecule has 14 heavy (non-hydrogen) atoms. The van der Waals surface area contributed by atoms with Gasteiger partial charge in [-0.25, -0.2) is 8.42 Å². The smallest absolute Gasteiger partial charge is 0.215 e. The van der Waals surface area contributed by atoms with Crippen molar-refractivity contribution in [3.05, 3.63) is 0 Å². The van der Waals surface area contributed by atoms with E-state index in [4.69, 9.17) is 11.5 Å². The van der Waals surface area contributed by atoms with Crippen LogP contribution in [-0.2, 0) is 10.0 Å². The van der Waals surface area contributed by atoms with Crippen molar-refractivity contribution in [2.75, 3.05) is 25.4 Å². The van der Waals surface area contributed by atoms with E-state index >= 15 is 0 Å². The second-order valence-electron chi connectivity index (χ2n) is 2.93. The van der Waals surface area contributed by atoms with E-state index in [-0.39, 0.29) is 25.3 Å². The summed E-state index contributed by atoms with van der Waals surface area (Å²) >= 11 is 0. The van der Waals surface area contributed by atoms with E-state index in [1.165, 1.54) is 4.31 Å². The predicted molar refractivity (Wildman–Crippen MR) is 56.2 cm³/mol. The summed E-state index contributed by atoms with van der Waals surface area (Å²) in [7, 11) is -3.28. The quantitative estimate of drug-likeness (QED) is 0.615. The van der Waals surface area contributed by atoms with Crippen molar-refractivity contribution in [1.29, 1.82) is 0 Å². The minimum atomic E-state index is -3.28. The molecule has 0 bridgehead atoms. The number of hydrogen-bond donors (Lipinski definition) is 1. The van der Waals surface area contributed by atoms with Crippen molar-refractivity contribution in [3.8, 4) is 12.3 Å². The Morgan fingerprint density at radius 1 is 1.50 bits per heavy atom. The average Bonchev–Trinajstić information content (AvgIpc) is 2.14. The van der Waals surface area contributed by atoms with Gasteiger partial charge in [0.2, 0.25) is 10.0 Å². The fraction of sp³-hybridized carbons (Fsp3) is 0.778. The predicted octanol–water partition coefficient (Wildman–Crippen LogP) is 0.0438. The van der Waals surface area contributed by atoms with Crippen molar-refractivity contribution >= 4 is 10.0 Å². The second-order valence-corrected chi connectivity index (χ2v) is 5.02. The van der Waals surface area contributed by atoms with E-state index in [0.717, 1.165) is 6.42 Å². The van der Waals surface area contributed by atoms with Crippen molar-refractivity contribution in [1.82, 2.24) is 4.31 Å². The van der Waals surface area contributed by atoms with E-state index in [1.54, 1.807) is 0 Å². The number of aliphatic hydroxyl groups excluding tert-OH is 1. The number of sulfonamides is 1. The molecule has 0 aliphatic rings. The first-order valence-electron chi connectivity index (χ1n) is 4.60. The molecular weight excluding hydrogens is 202 g/mol. The van der Waals surface area contributed by atoms with Gasteiger partial charge >= 0.3 is 0 Å². The topological polar surface area (TPSA) is 57.6 Å². The van der Waals surface area contributed by atoms with Crippen LogP contribution in [0.4, 0.5) is 0 Å². The van der Waals surface area contributed by atoms with E-state index in [9.17, 15) is 8.42 Å². The molecule has 1 N–H and O–H groups in total. The van der Waals surface area contributed by atoms with Crippen LogP contribution in [0.15, 0.2) is 0 Å². The summed E-state index contributed by atoms with van der Waals surface area (Å²) in [5.74, 6) is 2.28. The zero-order valence-corrected chi connectivity index (χ0v) is 9.26. The van der Waals surface area contributed by atoms with Crippen molar-refractivity contribution < 1.29 is 13.5 Å². The highest BCUT2D eigenvalue weighted by Crippen LogP contribution is 2.03. The molecule has 0 radical (unpaired) electrons. The molecule has 0 heterocycles. The zero-order valence-electron chi connectivity index (χ0n) is 8.44. The van der Waals surface area contributed by atoms with Crippen LogP contribution in [0, 0.1) is 12.3 Å². The monoisotopic (exact) mass is 219 g/mol. The lowest BCUT2D eigenvalue weighted by molar-refractivity contribution is 0.294. The average molecular weight is 219 g/mol. The van der Waals surface area contributed by atoms with Crippen LogP contribution in [0.3, 0.4) is 0 Å². The lowest BCUT2D eigenvalue weighted by atomic mass is 10.5. The first-order valence-corrected chi connectivity index (χ1v) is 6.21. The number of terminal acetylenes is 1. The number of rotatable bonds is 7. The number of hydrogen-bond acceptors (Lipinski definition) is 3. The molecule has 4 nitrogen and oxygen atoms in total. The summed E-state index contributed by atoms with van der Waals surface area (Å²) in [5, 5.41) is 8.55. The van der Waals surface area contributed by atoms with E-state index in [0.29, 0.717) is 6.54 Å². The largest absolute Gasteiger partial charge is 0.396 e.